The average Bonchev–Trinajstić information content (AvgIpc) is 2.63. The summed E-state index contributed by atoms with van der Waals surface area (Å²) in [7, 11) is 0. The van der Waals surface area contributed by atoms with Gasteiger partial charge < -0.3 is 10.0 Å². The molecular weight excluding hydrogens is 280 g/mol. The summed E-state index contributed by atoms with van der Waals surface area (Å²) in [6, 6.07) is 0. The number of aromatic nitrogens is 2. The zero-order chi connectivity index (χ0) is 16.2. The topological polar surface area (TPSA) is 119 Å². The van der Waals surface area contributed by atoms with Gasteiger partial charge in [-0.2, -0.15) is 5.10 Å². The first kappa shape index (κ1) is 16.2. The molecule has 0 atom stereocenters. The molecule has 0 fully saturated rings. The summed E-state index contributed by atoms with van der Waals surface area (Å²) < 4.78 is 1.17. The van der Waals surface area contributed by atoms with Crippen molar-refractivity contribution in [3.63, 3.8) is 0 Å². The number of aryl methyl sites for hydroxylation is 1. The van der Waals surface area contributed by atoms with Crippen LogP contribution in [0.5, 0.6) is 0 Å². The Bertz CT molecular complexity index is 628. The van der Waals surface area contributed by atoms with E-state index in [0.717, 1.165) is 4.90 Å². The molecule has 1 rings (SSSR count). The van der Waals surface area contributed by atoms with Gasteiger partial charge in [0.25, 0.3) is 0 Å². The zero-order valence-corrected chi connectivity index (χ0v) is 11.6. The van der Waals surface area contributed by atoms with E-state index in [-0.39, 0.29) is 30.2 Å². The molecule has 1 N–H and O–H groups in total. The second-order valence-corrected chi connectivity index (χ2v) is 4.28. The molecule has 0 saturated heterocycles. The van der Waals surface area contributed by atoms with Crippen molar-refractivity contribution >= 4 is 17.6 Å². The quantitative estimate of drug-likeness (QED) is 0.446. The van der Waals surface area contributed by atoms with Crippen LogP contribution < -0.4 is 0 Å². The summed E-state index contributed by atoms with van der Waals surface area (Å²) in [6.45, 7) is 1.92. The number of hydrogen-bond donors (Lipinski definition) is 1. The molecule has 1 amide bonds. The number of nitrogens with zero attached hydrogens (tertiary/aromatic N) is 4. The Kier molecular flexibility index (Phi) is 5.01. The van der Waals surface area contributed by atoms with Crippen LogP contribution in [0.1, 0.15) is 11.4 Å². The van der Waals surface area contributed by atoms with Crippen molar-refractivity contribution in [2.24, 2.45) is 0 Å². The number of carbonyl (C=O) groups excluding carboxylic acids is 1. The van der Waals surface area contributed by atoms with Gasteiger partial charge >= 0.3 is 11.7 Å². The molecule has 9 nitrogen and oxygen atoms in total. The second-order valence-electron chi connectivity index (χ2n) is 4.28. The summed E-state index contributed by atoms with van der Waals surface area (Å²) in [5.74, 6) is 0.424. The fourth-order valence-electron chi connectivity index (χ4n) is 1.84. The highest BCUT2D eigenvalue weighted by atomic mass is 16.6. The summed E-state index contributed by atoms with van der Waals surface area (Å²) in [6.07, 6.45) is 5.09. The van der Waals surface area contributed by atoms with E-state index in [9.17, 15) is 19.7 Å². The monoisotopic (exact) mass is 294 g/mol. The molecule has 0 aromatic carbocycles. The van der Waals surface area contributed by atoms with E-state index in [1.165, 1.54) is 18.5 Å². The van der Waals surface area contributed by atoms with E-state index in [2.05, 4.69) is 11.0 Å². The van der Waals surface area contributed by atoms with Gasteiger partial charge in [0.15, 0.2) is 0 Å². The number of terminal acetylenes is 1. The lowest BCUT2D eigenvalue weighted by Gasteiger charge is -2.18. The number of carboxylic acids is 1. The van der Waals surface area contributed by atoms with Crippen LogP contribution in [0.25, 0.3) is 0 Å². The lowest BCUT2D eigenvalue weighted by molar-refractivity contribution is -0.386. The largest absolute Gasteiger partial charge is 0.480 e. The Morgan fingerprint density at radius 1 is 1.52 bits per heavy atom. The molecule has 0 radical (unpaired) electrons. The minimum absolute atomic E-state index is 0.160. The molecule has 1 aromatic rings. The molecule has 1 heterocycles. The van der Waals surface area contributed by atoms with Crippen LogP contribution in [0.15, 0.2) is 0 Å². The first-order valence-electron chi connectivity index (χ1n) is 5.89. The third-order valence-electron chi connectivity index (χ3n) is 2.77. The molecule has 9 heteroatoms. The predicted molar refractivity (Wildman–Crippen MR) is 71.4 cm³/mol. The first-order valence-corrected chi connectivity index (χ1v) is 5.89. The summed E-state index contributed by atoms with van der Waals surface area (Å²) >= 11 is 0. The van der Waals surface area contributed by atoms with Gasteiger partial charge in [-0.1, -0.05) is 5.92 Å². The Balaban J connectivity index is 2.97. The van der Waals surface area contributed by atoms with Crippen LogP contribution in [0.3, 0.4) is 0 Å². The molecule has 0 aliphatic carbocycles. The minimum Gasteiger partial charge on any atom is -0.480 e. The Hall–Kier alpha value is -2.89. The molecule has 0 unspecified atom stereocenters. The highest BCUT2D eigenvalue weighted by Gasteiger charge is 2.24. The summed E-state index contributed by atoms with van der Waals surface area (Å²) in [5.41, 5.74) is 0.249. The molecule has 0 saturated carbocycles. The minimum atomic E-state index is -1.20. The summed E-state index contributed by atoms with van der Waals surface area (Å²) in [4.78, 5) is 34.0. The molecular formula is C12H14N4O5. The molecule has 0 aliphatic rings. The van der Waals surface area contributed by atoms with Gasteiger partial charge in [-0.3, -0.25) is 24.4 Å². The third kappa shape index (κ3) is 3.79. The molecule has 112 valence electrons. The van der Waals surface area contributed by atoms with Crippen LogP contribution in [-0.2, 0) is 16.1 Å². The normalized spacial score (nSPS) is 9.95. The lowest BCUT2D eigenvalue weighted by Crippen LogP contribution is -2.38. The van der Waals surface area contributed by atoms with Gasteiger partial charge in [0, 0.05) is 0 Å². The van der Waals surface area contributed by atoms with E-state index in [1.54, 1.807) is 0 Å². The number of aliphatic carboxylic acids is 1. The fourth-order valence-corrected chi connectivity index (χ4v) is 1.84. The van der Waals surface area contributed by atoms with Gasteiger partial charge in [-0.05, 0) is 13.8 Å². The third-order valence-corrected chi connectivity index (χ3v) is 2.77. The number of carboxylic acid groups (broad SMARTS) is 1. The van der Waals surface area contributed by atoms with Crippen LogP contribution in [-0.4, -0.2) is 49.7 Å². The molecule has 21 heavy (non-hydrogen) atoms. The van der Waals surface area contributed by atoms with Crippen molar-refractivity contribution < 1.29 is 19.6 Å². The van der Waals surface area contributed by atoms with Crippen LogP contribution >= 0.6 is 0 Å². The SMILES string of the molecule is C#CCN(CC(=O)O)C(=O)Cn1nc(C)c([N+](=O)[O-])c1C. The maximum Gasteiger partial charge on any atom is 0.323 e. The number of carbonyl (C=O) groups is 2. The first-order chi connectivity index (χ1) is 9.77. The maximum absolute atomic E-state index is 12.0. The lowest BCUT2D eigenvalue weighted by atomic mass is 10.3. The van der Waals surface area contributed by atoms with Crippen molar-refractivity contribution in [2.45, 2.75) is 20.4 Å². The van der Waals surface area contributed by atoms with E-state index in [0.29, 0.717) is 0 Å². The highest BCUT2D eigenvalue weighted by Crippen LogP contribution is 2.21. The smallest absolute Gasteiger partial charge is 0.323 e. The molecule has 0 aliphatic heterocycles. The van der Waals surface area contributed by atoms with Crippen molar-refractivity contribution in [3.8, 4) is 12.3 Å². The standard InChI is InChI=1S/C12H14N4O5/c1-4-5-14(7-11(18)19)10(17)6-15-9(3)12(16(20)21)8(2)13-15/h1H,5-7H2,2-3H3,(H,18,19). The van der Waals surface area contributed by atoms with Gasteiger partial charge in [-0.25, -0.2) is 0 Å². The van der Waals surface area contributed by atoms with Crippen molar-refractivity contribution in [1.29, 1.82) is 0 Å². The maximum atomic E-state index is 12.0. The fraction of sp³-hybridized carbons (Fsp3) is 0.417. The Labute approximate surface area is 120 Å². The number of amides is 1. The van der Waals surface area contributed by atoms with Crippen molar-refractivity contribution in [2.75, 3.05) is 13.1 Å². The average molecular weight is 294 g/mol. The van der Waals surface area contributed by atoms with Crippen LogP contribution in [0.2, 0.25) is 0 Å². The Morgan fingerprint density at radius 2 is 2.14 bits per heavy atom. The second kappa shape index (κ2) is 6.51. The van der Waals surface area contributed by atoms with Crippen molar-refractivity contribution in [3.05, 3.63) is 21.5 Å². The van der Waals surface area contributed by atoms with Crippen molar-refractivity contribution in [1.82, 2.24) is 14.7 Å². The zero-order valence-electron chi connectivity index (χ0n) is 11.6. The molecule has 0 spiro atoms. The number of hydrogen-bond acceptors (Lipinski definition) is 5. The van der Waals surface area contributed by atoms with E-state index in [4.69, 9.17) is 11.5 Å². The van der Waals surface area contributed by atoms with E-state index in [1.807, 2.05) is 0 Å². The van der Waals surface area contributed by atoms with Gasteiger partial charge in [0.1, 0.15) is 24.5 Å². The Morgan fingerprint density at radius 3 is 2.57 bits per heavy atom. The molecule has 1 aromatic heterocycles. The molecule has 0 bridgehead atoms. The summed E-state index contributed by atoms with van der Waals surface area (Å²) in [5, 5.41) is 23.5. The predicted octanol–water partition coefficient (Wildman–Crippen LogP) is -0.0455. The van der Waals surface area contributed by atoms with Gasteiger partial charge in [-0.15, -0.1) is 6.42 Å². The van der Waals surface area contributed by atoms with Crippen LogP contribution in [0, 0.1) is 36.3 Å². The van der Waals surface area contributed by atoms with Gasteiger partial charge in [0.2, 0.25) is 5.91 Å². The van der Waals surface area contributed by atoms with Crippen LogP contribution in [0.4, 0.5) is 5.69 Å². The highest BCUT2D eigenvalue weighted by molar-refractivity contribution is 5.81. The van der Waals surface area contributed by atoms with E-state index < -0.39 is 23.3 Å². The number of nitro groups is 1. The van der Waals surface area contributed by atoms with E-state index >= 15 is 0 Å². The van der Waals surface area contributed by atoms with Gasteiger partial charge in [0.05, 0.1) is 11.5 Å². The number of rotatable bonds is 6.